The molecule has 1 aliphatic carbocycles. The third-order valence-corrected chi connectivity index (χ3v) is 2.88. The van der Waals surface area contributed by atoms with E-state index < -0.39 is 0 Å². The summed E-state index contributed by atoms with van der Waals surface area (Å²) < 4.78 is 10.9. The van der Waals surface area contributed by atoms with Gasteiger partial charge in [0.1, 0.15) is 5.76 Å². The Morgan fingerprint density at radius 2 is 2.29 bits per heavy atom. The van der Waals surface area contributed by atoms with Gasteiger partial charge in [0.2, 0.25) is 5.89 Å². The van der Waals surface area contributed by atoms with Gasteiger partial charge in [-0.25, -0.2) is 0 Å². The SMILES string of the molecule is CCc1occc1-c1nnc(CNC2CC2)o1. The number of hydrogen-bond acceptors (Lipinski definition) is 5. The van der Waals surface area contributed by atoms with Crippen LogP contribution in [0.3, 0.4) is 0 Å². The molecule has 0 bridgehead atoms. The van der Waals surface area contributed by atoms with Gasteiger partial charge in [0.05, 0.1) is 18.4 Å². The Morgan fingerprint density at radius 1 is 1.41 bits per heavy atom. The third kappa shape index (κ3) is 2.24. The van der Waals surface area contributed by atoms with Gasteiger partial charge in [-0.2, -0.15) is 0 Å². The summed E-state index contributed by atoms with van der Waals surface area (Å²) in [7, 11) is 0. The quantitative estimate of drug-likeness (QED) is 0.857. The van der Waals surface area contributed by atoms with Crippen molar-refractivity contribution in [3.8, 4) is 11.5 Å². The molecule has 1 saturated carbocycles. The molecule has 0 saturated heterocycles. The van der Waals surface area contributed by atoms with Gasteiger partial charge in [-0.15, -0.1) is 10.2 Å². The lowest BCUT2D eigenvalue weighted by Crippen LogP contribution is -2.15. The second-order valence-corrected chi connectivity index (χ2v) is 4.27. The highest BCUT2D eigenvalue weighted by molar-refractivity contribution is 5.54. The van der Waals surface area contributed by atoms with Gasteiger partial charge in [0.25, 0.3) is 5.89 Å². The molecule has 5 nitrogen and oxygen atoms in total. The molecule has 0 aliphatic heterocycles. The van der Waals surface area contributed by atoms with Crippen molar-refractivity contribution in [1.82, 2.24) is 15.5 Å². The lowest BCUT2D eigenvalue weighted by molar-refractivity contribution is 0.473. The van der Waals surface area contributed by atoms with E-state index in [0.717, 1.165) is 17.7 Å². The van der Waals surface area contributed by atoms with E-state index in [4.69, 9.17) is 8.83 Å². The Morgan fingerprint density at radius 3 is 3.06 bits per heavy atom. The predicted molar refractivity (Wildman–Crippen MR) is 61.2 cm³/mol. The second kappa shape index (κ2) is 4.33. The van der Waals surface area contributed by atoms with Crippen molar-refractivity contribution in [2.24, 2.45) is 0 Å². The van der Waals surface area contributed by atoms with E-state index in [1.54, 1.807) is 6.26 Å². The molecule has 0 amide bonds. The zero-order valence-electron chi connectivity index (χ0n) is 9.77. The summed E-state index contributed by atoms with van der Waals surface area (Å²) in [6, 6.07) is 2.51. The maximum absolute atomic E-state index is 5.60. The maximum atomic E-state index is 5.60. The molecular formula is C12H15N3O2. The molecule has 0 atom stereocenters. The van der Waals surface area contributed by atoms with Crippen LogP contribution in [-0.2, 0) is 13.0 Å². The van der Waals surface area contributed by atoms with Crippen molar-refractivity contribution < 1.29 is 8.83 Å². The molecule has 2 aromatic rings. The van der Waals surface area contributed by atoms with Crippen LogP contribution in [0.15, 0.2) is 21.2 Å². The minimum Gasteiger partial charge on any atom is -0.469 e. The van der Waals surface area contributed by atoms with E-state index in [2.05, 4.69) is 15.5 Å². The third-order valence-electron chi connectivity index (χ3n) is 2.88. The van der Waals surface area contributed by atoms with E-state index in [9.17, 15) is 0 Å². The molecular weight excluding hydrogens is 218 g/mol. The maximum Gasteiger partial charge on any atom is 0.251 e. The fourth-order valence-electron chi connectivity index (χ4n) is 1.76. The van der Waals surface area contributed by atoms with Gasteiger partial charge in [-0.1, -0.05) is 6.92 Å². The first-order chi connectivity index (χ1) is 8.36. The largest absolute Gasteiger partial charge is 0.469 e. The van der Waals surface area contributed by atoms with Crippen LogP contribution in [0.25, 0.3) is 11.5 Å². The summed E-state index contributed by atoms with van der Waals surface area (Å²) in [6.07, 6.45) is 4.98. The monoisotopic (exact) mass is 233 g/mol. The first-order valence-electron chi connectivity index (χ1n) is 5.99. The number of nitrogens with one attached hydrogen (secondary N) is 1. The number of rotatable bonds is 5. The first kappa shape index (κ1) is 10.5. The highest BCUT2D eigenvalue weighted by Gasteiger charge is 2.21. The standard InChI is InChI=1S/C12H15N3O2/c1-2-10-9(5-6-16-10)12-15-14-11(17-12)7-13-8-3-4-8/h5-6,8,13H,2-4,7H2,1H3. The first-order valence-corrected chi connectivity index (χ1v) is 5.99. The molecule has 2 aromatic heterocycles. The van der Waals surface area contributed by atoms with Gasteiger partial charge in [-0.05, 0) is 18.9 Å². The van der Waals surface area contributed by atoms with Crippen molar-refractivity contribution in [3.63, 3.8) is 0 Å². The smallest absolute Gasteiger partial charge is 0.251 e. The van der Waals surface area contributed by atoms with Gasteiger partial charge in [0.15, 0.2) is 0 Å². The van der Waals surface area contributed by atoms with Crippen LogP contribution in [0.1, 0.15) is 31.4 Å². The average Bonchev–Trinajstić information content (AvgIpc) is 2.89. The Kier molecular flexibility index (Phi) is 2.68. The lowest BCUT2D eigenvalue weighted by atomic mass is 10.2. The number of furan rings is 1. The van der Waals surface area contributed by atoms with E-state index >= 15 is 0 Å². The summed E-state index contributed by atoms with van der Waals surface area (Å²) in [5.74, 6) is 2.06. The molecule has 0 aromatic carbocycles. The van der Waals surface area contributed by atoms with Crippen molar-refractivity contribution >= 4 is 0 Å². The predicted octanol–water partition coefficient (Wildman–Crippen LogP) is 2.14. The van der Waals surface area contributed by atoms with Gasteiger partial charge < -0.3 is 14.2 Å². The van der Waals surface area contributed by atoms with Crippen molar-refractivity contribution in [2.45, 2.75) is 38.8 Å². The summed E-state index contributed by atoms with van der Waals surface area (Å²) >= 11 is 0. The Bertz CT molecular complexity index is 499. The van der Waals surface area contributed by atoms with Gasteiger partial charge in [0, 0.05) is 12.5 Å². The van der Waals surface area contributed by atoms with Crippen LogP contribution in [0.4, 0.5) is 0 Å². The molecule has 0 spiro atoms. The summed E-state index contributed by atoms with van der Waals surface area (Å²) in [4.78, 5) is 0. The minimum absolute atomic E-state index is 0.545. The molecule has 0 radical (unpaired) electrons. The summed E-state index contributed by atoms with van der Waals surface area (Å²) in [6.45, 7) is 2.69. The minimum atomic E-state index is 0.545. The highest BCUT2D eigenvalue weighted by atomic mass is 16.4. The van der Waals surface area contributed by atoms with Crippen molar-refractivity contribution in [1.29, 1.82) is 0 Å². The van der Waals surface area contributed by atoms with Crippen molar-refractivity contribution in [2.75, 3.05) is 0 Å². The number of aryl methyl sites for hydroxylation is 1. The fraction of sp³-hybridized carbons (Fsp3) is 0.500. The molecule has 3 rings (SSSR count). The van der Waals surface area contributed by atoms with Crippen LogP contribution in [0.5, 0.6) is 0 Å². The molecule has 17 heavy (non-hydrogen) atoms. The zero-order valence-corrected chi connectivity index (χ0v) is 9.77. The van der Waals surface area contributed by atoms with Crippen LogP contribution < -0.4 is 5.32 Å². The topological polar surface area (TPSA) is 64.1 Å². The van der Waals surface area contributed by atoms with E-state index in [-0.39, 0.29) is 0 Å². The number of nitrogens with zero attached hydrogens (tertiary/aromatic N) is 2. The van der Waals surface area contributed by atoms with Crippen LogP contribution in [-0.4, -0.2) is 16.2 Å². The van der Waals surface area contributed by atoms with Crippen LogP contribution in [0, 0.1) is 0 Å². The van der Waals surface area contributed by atoms with E-state index in [1.807, 2.05) is 13.0 Å². The molecule has 0 unspecified atom stereocenters. The Hall–Kier alpha value is -1.62. The molecule has 2 heterocycles. The van der Waals surface area contributed by atoms with E-state index in [1.165, 1.54) is 12.8 Å². The fourth-order valence-corrected chi connectivity index (χ4v) is 1.76. The van der Waals surface area contributed by atoms with Crippen molar-refractivity contribution in [3.05, 3.63) is 24.0 Å². The second-order valence-electron chi connectivity index (χ2n) is 4.27. The normalized spacial score (nSPS) is 15.4. The Balaban J connectivity index is 1.74. The van der Waals surface area contributed by atoms with Gasteiger partial charge >= 0.3 is 0 Å². The molecule has 1 fully saturated rings. The summed E-state index contributed by atoms with van der Waals surface area (Å²) in [5.41, 5.74) is 0.901. The average molecular weight is 233 g/mol. The molecule has 1 aliphatic rings. The number of aromatic nitrogens is 2. The van der Waals surface area contributed by atoms with Crippen LogP contribution in [0.2, 0.25) is 0 Å². The number of hydrogen-bond donors (Lipinski definition) is 1. The molecule has 5 heteroatoms. The zero-order chi connectivity index (χ0) is 11.7. The highest BCUT2D eigenvalue weighted by Crippen LogP contribution is 2.24. The van der Waals surface area contributed by atoms with E-state index in [0.29, 0.717) is 24.4 Å². The lowest BCUT2D eigenvalue weighted by Gasteiger charge is -1.96. The Labute approximate surface area is 99.2 Å². The van der Waals surface area contributed by atoms with Crippen LogP contribution >= 0.6 is 0 Å². The van der Waals surface area contributed by atoms with Gasteiger partial charge in [-0.3, -0.25) is 0 Å². The molecule has 1 N–H and O–H groups in total. The molecule has 90 valence electrons. The summed E-state index contributed by atoms with van der Waals surface area (Å²) in [5, 5.41) is 11.4.